The topological polar surface area (TPSA) is 54.0 Å². The molecule has 0 aliphatic heterocycles. The summed E-state index contributed by atoms with van der Waals surface area (Å²) >= 11 is 0. The summed E-state index contributed by atoms with van der Waals surface area (Å²) in [5, 5.41) is 15.1. The molecule has 0 bridgehead atoms. The van der Waals surface area contributed by atoms with E-state index in [2.05, 4.69) is 87.3 Å². The second-order valence-corrected chi connectivity index (χ2v) is 11.0. The van der Waals surface area contributed by atoms with Gasteiger partial charge in [0.1, 0.15) is 11.5 Å². The minimum Gasteiger partial charge on any atom is -0.507 e. The van der Waals surface area contributed by atoms with E-state index in [1.54, 1.807) is 14.2 Å². The molecule has 0 unspecified atom stereocenters. The van der Waals surface area contributed by atoms with Crippen LogP contribution in [-0.4, -0.2) is 32.5 Å². The SMILES string of the molecule is COCCN(c1cc(C)ccc1Nc1ccc(OC)cc1)c1ccccc1-c1cc(C)cc(C(C)(C)C)c1O.[Zr]. The van der Waals surface area contributed by atoms with Crippen LogP contribution in [0.15, 0.2) is 78.9 Å². The van der Waals surface area contributed by atoms with Gasteiger partial charge in [0.05, 0.1) is 25.1 Å². The molecule has 0 aliphatic carbocycles. The van der Waals surface area contributed by atoms with Crippen molar-refractivity contribution in [3.63, 3.8) is 0 Å². The molecule has 208 valence electrons. The molecule has 2 N–H and O–H groups in total. The molecule has 0 amide bonds. The van der Waals surface area contributed by atoms with Gasteiger partial charge in [0.2, 0.25) is 0 Å². The van der Waals surface area contributed by atoms with Crippen molar-refractivity contribution in [2.45, 2.75) is 40.0 Å². The molecule has 0 aromatic heterocycles. The fourth-order valence-corrected chi connectivity index (χ4v) is 4.85. The molecular formula is C34H40N2O3Zr. The molecule has 0 radical (unpaired) electrons. The smallest absolute Gasteiger partial charge is 0.127 e. The molecule has 0 saturated heterocycles. The number of aromatic hydroxyl groups is 1. The molecule has 0 atom stereocenters. The van der Waals surface area contributed by atoms with Crippen LogP contribution in [0.4, 0.5) is 22.7 Å². The number of methoxy groups -OCH3 is 2. The van der Waals surface area contributed by atoms with Crippen molar-refractivity contribution in [3.05, 3.63) is 95.6 Å². The van der Waals surface area contributed by atoms with Gasteiger partial charge in [-0.25, -0.2) is 0 Å². The first-order valence-corrected chi connectivity index (χ1v) is 13.3. The Morgan fingerprint density at radius 2 is 1.50 bits per heavy atom. The van der Waals surface area contributed by atoms with Crippen molar-refractivity contribution >= 4 is 22.7 Å². The maximum atomic E-state index is 11.5. The summed E-state index contributed by atoms with van der Waals surface area (Å²) in [5.74, 6) is 1.14. The summed E-state index contributed by atoms with van der Waals surface area (Å²) in [6.45, 7) is 11.7. The number of ether oxygens (including phenoxy) is 2. The summed E-state index contributed by atoms with van der Waals surface area (Å²) in [4.78, 5) is 2.27. The fraction of sp³-hybridized carbons (Fsp3) is 0.294. The van der Waals surface area contributed by atoms with E-state index in [1.807, 2.05) is 36.4 Å². The van der Waals surface area contributed by atoms with E-state index in [4.69, 9.17) is 9.47 Å². The molecule has 0 fully saturated rings. The molecule has 4 aromatic carbocycles. The van der Waals surface area contributed by atoms with Gasteiger partial charge in [-0.05, 0) is 78.9 Å². The Labute approximate surface area is 258 Å². The zero-order valence-corrected chi connectivity index (χ0v) is 27.1. The predicted molar refractivity (Wildman–Crippen MR) is 163 cm³/mol. The van der Waals surface area contributed by atoms with Gasteiger partial charge in [-0.1, -0.05) is 51.1 Å². The summed E-state index contributed by atoms with van der Waals surface area (Å²) in [5.41, 5.74) is 8.77. The molecule has 40 heavy (non-hydrogen) atoms. The number of nitrogens with zero attached hydrogens (tertiary/aromatic N) is 1. The van der Waals surface area contributed by atoms with Gasteiger partial charge in [0.15, 0.2) is 0 Å². The van der Waals surface area contributed by atoms with Gasteiger partial charge < -0.3 is 24.8 Å². The van der Waals surface area contributed by atoms with Crippen LogP contribution in [0.2, 0.25) is 0 Å². The number of aryl methyl sites for hydroxylation is 2. The second-order valence-electron chi connectivity index (χ2n) is 11.0. The first-order valence-electron chi connectivity index (χ1n) is 13.3. The van der Waals surface area contributed by atoms with Crippen molar-refractivity contribution in [1.82, 2.24) is 0 Å². The molecule has 5 nitrogen and oxygen atoms in total. The number of rotatable bonds is 9. The first-order chi connectivity index (χ1) is 18.6. The molecule has 0 aliphatic rings. The van der Waals surface area contributed by atoms with Crippen LogP contribution in [0.5, 0.6) is 11.5 Å². The van der Waals surface area contributed by atoms with Gasteiger partial charge in [-0.3, -0.25) is 0 Å². The van der Waals surface area contributed by atoms with Gasteiger partial charge >= 0.3 is 0 Å². The van der Waals surface area contributed by atoms with Crippen LogP contribution >= 0.6 is 0 Å². The number of para-hydroxylation sites is 1. The maximum absolute atomic E-state index is 11.5. The summed E-state index contributed by atoms with van der Waals surface area (Å²) in [6, 6.07) is 26.7. The molecule has 0 saturated carbocycles. The predicted octanol–water partition coefficient (Wildman–Crippen LogP) is 8.51. The Balaban J connectivity index is 0.00000441. The number of anilines is 4. The molecule has 4 aromatic rings. The zero-order chi connectivity index (χ0) is 28.2. The third-order valence-corrected chi connectivity index (χ3v) is 6.88. The Kier molecular flexibility index (Phi) is 10.6. The van der Waals surface area contributed by atoms with Crippen LogP contribution in [-0.2, 0) is 36.4 Å². The number of phenolic OH excluding ortho intramolecular Hbond substituents is 1. The fourth-order valence-electron chi connectivity index (χ4n) is 4.85. The van der Waals surface area contributed by atoms with E-state index in [0.29, 0.717) is 18.9 Å². The average molecular weight is 616 g/mol. The van der Waals surface area contributed by atoms with E-state index in [1.165, 1.54) is 0 Å². The molecular weight excluding hydrogens is 576 g/mol. The van der Waals surface area contributed by atoms with Crippen molar-refractivity contribution < 1.29 is 40.8 Å². The normalized spacial score (nSPS) is 11.1. The largest absolute Gasteiger partial charge is 0.507 e. The molecule has 6 heteroatoms. The number of hydrogen-bond acceptors (Lipinski definition) is 5. The summed E-state index contributed by atoms with van der Waals surface area (Å²) in [7, 11) is 3.39. The van der Waals surface area contributed by atoms with Crippen LogP contribution in [0.3, 0.4) is 0 Å². The molecule has 0 spiro atoms. The minimum atomic E-state index is -0.193. The summed E-state index contributed by atoms with van der Waals surface area (Å²) < 4.78 is 10.9. The van der Waals surface area contributed by atoms with Gasteiger partial charge in [0.25, 0.3) is 0 Å². The van der Waals surface area contributed by atoms with Gasteiger partial charge in [-0.2, -0.15) is 0 Å². The standard InChI is InChI=1S/C34H40N2O3.Zr/c1-23-12-17-30(35-25-13-15-26(39-7)16-14-25)32(22-23)36(18-19-38-6)31-11-9-8-10-27(31)28-20-24(2)21-29(33(28)37)34(3,4)5;/h8-17,20-22,35,37H,18-19H2,1-7H3;. The molecule has 4 rings (SSSR count). The van der Waals surface area contributed by atoms with Crippen LogP contribution in [0.1, 0.15) is 37.5 Å². The molecule has 0 heterocycles. The third-order valence-electron chi connectivity index (χ3n) is 6.88. The Morgan fingerprint density at radius 3 is 2.15 bits per heavy atom. The van der Waals surface area contributed by atoms with Crippen LogP contribution < -0.4 is 15.0 Å². The van der Waals surface area contributed by atoms with E-state index in [0.717, 1.165) is 56.3 Å². The second kappa shape index (κ2) is 13.5. The third kappa shape index (κ3) is 7.16. The Bertz CT molecular complexity index is 1430. The Morgan fingerprint density at radius 1 is 0.800 bits per heavy atom. The van der Waals surface area contributed by atoms with Gasteiger partial charge in [-0.15, -0.1) is 0 Å². The van der Waals surface area contributed by atoms with Crippen molar-refractivity contribution in [2.24, 2.45) is 0 Å². The van der Waals surface area contributed by atoms with Crippen LogP contribution in [0, 0.1) is 13.8 Å². The number of phenols is 1. The zero-order valence-electron chi connectivity index (χ0n) is 24.6. The number of nitrogens with one attached hydrogen (secondary N) is 1. The van der Waals surface area contributed by atoms with E-state index in [-0.39, 0.29) is 31.6 Å². The monoisotopic (exact) mass is 614 g/mol. The Hall–Kier alpha value is -3.08. The van der Waals surface area contributed by atoms with Crippen molar-refractivity contribution in [2.75, 3.05) is 37.6 Å². The average Bonchev–Trinajstić information content (AvgIpc) is 2.91. The summed E-state index contributed by atoms with van der Waals surface area (Å²) in [6.07, 6.45) is 0. The maximum Gasteiger partial charge on any atom is 0.127 e. The van der Waals surface area contributed by atoms with Crippen LogP contribution in [0.25, 0.3) is 11.1 Å². The minimum absolute atomic E-state index is 0. The van der Waals surface area contributed by atoms with E-state index in [9.17, 15) is 5.11 Å². The quantitative estimate of drug-likeness (QED) is 0.198. The first kappa shape index (κ1) is 31.5. The van der Waals surface area contributed by atoms with Crippen molar-refractivity contribution in [1.29, 1.82) is 0 Å². The number of benzene rings is 4. The van der Waals surface area contributed by atoms with E-state index >= 15 is 0 Å². The van der Waals surface area contributed by atoms with E-state index < -0.39 is 0 Å². The van der Waals surface area contributed by atoms with Crippen molar-refractivity contribution in [3.8, 4) is 22.6 Å². The number of hydrogen-bond donors (Lipinski definition) is 2. The van der Waals surface area contributed by atoms with Gasteiger partial charge in [0, 0.05) is 67.9 Å².